The van der Waals surface area contributed by atoms with E-state index in [0.717, 1.165) is 25.9 Å². The van der Waals surface area contributed by atoms with Crippen LogP contribution in [0.25, 0.3) is 0 Å². The fourth-order valence-electron chi connectivity index (χ4n) is 2.08. The number of carboxylic acid groups (broad SMARTS) is 1. The molecule has 0 aliphatic carbocycles. The summed E-state index contributed by atoms with van der Waals surface area (Å²) in [5.74, 6) is -0.916. The van der Waals surface area contributed by atoms with E-state index >= 15 is 0 Å². The van der Waals surface area contributed by atoms with Gasteiger partial charge in [0.1, 0.15) is 6.04 Å². The van der Waals surface area contributed by atoms with Gasteiger partial charge in [-0.3, -0.25) is 14.9 Å². The number of hydrogen-bond donors (Lipinski definition) is 2. The van der Waals surface area contributed by atoms with E-state index in [1.54, 1.807) is 13.8 Å². The van der Waals surface area contributed by atoms with E-state index in [4.69, 9.17) is 5.11 Å². The van der Waals surface area contributed by atoms with Crippen LogP contribution in [0.5, 0.6) is 0 Å². The maximum Gasteiger partial charge on any atom is 0.320 e. The molecule has 0 spiro atoms. The van der Waals surface area contributed by atoms with Gasteiger partial charge >= 0.3 is 5.97 Å². The van der Waals surface area contributed by atoms with Crippen LogP contribution in [0.3, 0.4) is 0 Å². The highest BCUT2D eigenvalue weighted by Gasteiger charge is 2.24. The van der Waals surface area contributed by atoms with Crippen LogP contribution in [-0.4, -0.2) is 47.1 Å². The van der Waals surface area contributed by atoms with Crippen LogP contribution in [0.1, 0.15) is 39.5 Å². The molecule has 1 heterocycles. The first-order valence-electron chi connectivity index (χ1n) is 6.30. The Morgan fingerprint density at radius 2 is 1.59 bits per heavy atom. The maximum atomic E-state index is 12.1. The molecule has 1 rings (SSSR count). The van der Waals surface area contributed by atoms with Crippen LogP contribution in [0.2, 0.25) is 0 Å². The average Bonchev–Trinajstić information content (AvgIpc) is 2.56. The minimum Gasteiger partial charge on any atom is -0.480 e. The number of aliphatic carboxylic acids is 1. The number of amides is 1. The van der Waals surface area contributed by atoms with Gasteiger partial charge < -0.3 is 10.0 Å². The Kier molecular flexibility index (Phi) is 5.41. The molecule has 2 unspecified atom stereocenters. The zero-order valence-electron chi connectivity index (χ0n) is 10.6. The molecule has 0 radical (unpaired) electrons. The molecule has 0 aromatic rings. The van der Waals surface area contributed by atoms with Gasteiger partial charge in [-0.15, -0.1) is 0 Å². The van der Waals surface area contributed by atoms with E-state index in [0.29, 0.717) is 0 Å². The monoisotopic (exact) mass is 242 g/mol. The maximum absolute atomic E-state index is 12.1. The molecular weight excluding hydrogens is 220 g/mol. The topological polar surface area (TPSA) is 69.6 Å². The summed E-state index contributed by atoms with van der Waals surface area (Å²) in [6.07, 6.45) is 4.45. The lowest BCUT2D eigenvalue weighted by Gasteiger charge is -2.25. The van der Waals surface area contributed by atoms with Crippen LogP contribution in [0.15, 0.2) is 0 Å². The molecule has 1 fully saturated rings. The number of rotatable bonds is 4. The molecule has 5 heteroatoms. The molecular formula is C12H22N2O3. The summed E-state index contributed by atoms with van der Waals surface area (Å²) < 4.78 is 0. The van der Waals surface area contributed by atoms with E-state index in [1.165, 1.54) is 12.8 Å². The van der Waals surface area contributed by atoms with Crippen LogP contribution in [0, 0.1) is 0 Å². The summed E-state index contributed by atoms with van der Waals surface area (Å²) in [5.41, 5.74) is 0. The van der Waals surface area contributed by atoms with Gasteiger partial charge in [0, 0.05) is 13.1 Å². The predicted octanol–water partition coefficient (Wildman–Crippen LogP) is 0.840. The lowest BCUT2D eigenvalue weighted by molar-refractivity contribution is -0.140. The second-order valence-corrected chi connectivity index (χ2v) is 4.69. The molecule has 1 saturated heterocycles. The minimum absolute atomic E-state index is 0.0139. The average molecular weight is 242 g/mol. The lowest BCUT2D eigenvalue weighted by atomic mass is 10.2. The van der Waals surface area contributed by atoms with E-state index in [9.17, 15) is 9.59 Å². The summed E-state index contributed by atoms with van der Waals surface area (Å²) in [5, 5.41) is 11.6. The number of carbonyl (C=O) groups excluding carboxylic acids is 1. The van der Waals surface area contributed by atoms with Gasteiger partial charge in [-0.1, -0.05) is 12.8 Å². The zero-order valence-corrected chi connectivity index (χ0v) is 10.6. The first-order valence-corrected chi connectivity index (χ1v) is 6.30. The third-order valence-electron chi connectivity index (χ3n) is 3.16. The fourth-order valence-corrected chi connectivity index (χ4v) is 2.08. The Morgan fingerprint density at radius 3 is 2.06 bits per heavy atom. The molecule has 0 aromatic heterocycles. The fraction of sp³-hybridized carbons (Fsp3) is 0.833. The third-order valence-corrected chi connectivity index (χ3v) is 3.16. The highest BCUT2D eigenvalue weighted by atomic mass is 16.4. The van der Waals surface area contributed by atoms with Crippen LogP contribution < -0.4 is 5.32 Å². The molecule has 2 atom stereocenters. The van der Waals surface area contributed by atoms with Gasteiger partial charge in [0.2, 0.25) is 5.91 Å². The van der Waals surface area contributed by atoms with Gasteiger partial charge in [0.25, 0.3) is 0 Å². The lowest BCUT2D eigenvalue weighted by Crippen LogP contribution is -2.49. The predicted molar refractivity (Wildman–Crippen MR) is 64.7 cm³/mol. The quantitative estimate of drug-likeness (QED) is 0.766. The Hall–Kier alpha value is -1.10. The van der Waals surface area contributed by atoms with E-state index in [-0.39, 0.29) is 5.91 Å². The van der Waals surface area contributed by atoms with Crippen LogP contribution >= 0.6 is 0 Å². The molecule has 0 aromatic carbocycles. The first-order chi connectivity index (χ1) is 8.02. The molecule has 1 aliphatic heterocycles. The van der Waals surface area contributed by atoms with Crippen molar-refractivity contribution in [2.24, 2.45) is 0 Å². The molecule has 0 bridgehead atoms. The first kappa shape index (κ1) is 14.0. The molecule has 17 heavy (non-hydrogen) atoms. The highest BCUT2D eigenvalue weighted by molar-refractivity contribution is 5.82. The number of likely N-dealkylation sites (tertiary alicyclic amines) is 1. The summed E-state index contributed by atoms with van der Waals surface area (Å²) >= 11 is 0. The van der Waals surface area contributed by atoms with Crippen molar-refractivity contribution >= 4 is 11.9 Å². The van der Waals surface area contributed by atoms with Crippen molar-refractivity contribution in [3.8, 4) is 0 Å². The number of carboxylic acids is 1. The molecule has 5 nitrogen and oxygen atoms in total. The Balaban J connectivity index is 2.47. The second-order valence-electron chi connectivity index (χ2n) is 4.69. The van der Waals surface area contributed by atoms with Crippen molar-refractivity contribution in [2.45, 2.75) is 51.6 Å². The van der Waals surface area contributed by atoms with E-state index in [1.807, 2.05) is 4.90 Å². The van der Waals surface area contributed by atoms with Gasteiger partial charge in [-0.05, 0) is 26.7 Å². The van der Waals surface area contributed by atoms with Crippen molar-refractivity contribution in [1.29, 1.82) is 0 Å². The highest BCUT2D eigenvalue weighted by Crippen LogP contribution is 2.10. The van der Waals surface area contributed by atoms with Gasteiger partial charge in [-0.2, -0.15) is 0 Å². The standard InChI is InChI=1S/C12H22N2O3/c1-9(13-10(2)12(16)17)11(15)14-7-5-3-4-6-8-14/h9-10,13H,3-8H2,1-2H3,(H,16,17). The number of hydrogen-bond acceptors (Lipinski definition) is 3. The van der Waals surface area contributed by atoms with E-state index < -0.39 is 18.1 Å². The normalized spacial score (nSPS) is 20.5. The molecule has 1 amide bonds. The van der Waals surface area contributed by atoms with Gasteiger partial charge in [0.15, 0.2) is 0 Å². The van der Waals surface area contributed by atoms with Crippen molar-refractivity contribution in [3.05, 3.63) is 0 Å². The largest absolute Gasteiger partial charge is 0.480 e. The van der Waals surface area contributed by atoms with Gasteiger partial charge in [0.05, 0.1) is 6.04 Å². The van der Waals surface area contributed by atoms with Crippen molar-refractivity contribution in [1.82, 2.24) is 10.2 Å². The summed E-state index contributed by atoms with van der Waals surface area (Å²) in [7, 11) is 0. The third kappa shape index (κ3) is 4.34. The van der Waals surface area contributed by atoms with Gasteiger partial charge in [-0.25, -0.2) is 0 Å². The summed E-state index contributed by atoms with van der Waals surface area (Å²) in [6.45, 7) is 4.87. The Labute approximate surface area is 102 Å². The van der Waals surface area contributed by atoms with Crippen LogP contribution in [0.4, 0.5) is 0 Å². The van der Waals surface area contributed by atoms with Crippen molar-refractivity contribution in [2.75, 3.05) is 13.1 Å². The number of carbonyl (C=O) groups is 2. The van der Waals surface area contributed by atoms with Crippen LogP contribution in [-0.2, 0) is 9.59 Å². The number of nitrogens with one attached hydrogen (secondary N) is 1. The minimum atomic E-state index is -0.930. The Morgan fingerprint density at radius 1 is 1.06 bits per heavy atom. The Bertz CT molecular complexity index is 273. The molecule has 98 valence electrons. The van der Waals surface area contributed by atoms with E-state index in [2.05, 4.69) is 5.32 Å². The summed E-state index contributed by atoms with van der Waals surface area (Å²) in [4.78, 5) is 24.6. The van der Waals surface area contributed by atoms with Crippen molar-refractivity contribution < 1.29 is 14.7 Å². The summed E-state index contributed by atoms with van der Waals surface area (Å²) in [6, 6.07) is -1.12. The molecule has 0 saturated carbocycles. The SMILES string of the molecule is CC(NC(C)C(=O)N1CCCCCC1)C(=O)O. The second kappa shape index (κ2) is 6.59. The smallest absolute Gasteiger partial charge is 0.320 e. The number of nitrogens with zero attached hydrogens (tertiary/aromatic N) is 1. The zero-order chi connectivity index (χ0) is 12.8. The molecule has 2 N–H and O–H groups in total. The molecule has 1 aliphatic rings. The van der Waals surface area contributed by atoms with Crippen molar-refractivity contribution in [3.63, 3.8) is 0 Å².